The molecule has 1 heterocycles. The molecule has 4 heteroatoms. The van der Waals surface area contributed by atoms with Gasteiger partial charge in [-0.05, 0) is 40.2 Å². The SMILES string of the molecule is CCOC(C)(C)c1nc(CCCNC(C)C)cs1. The Morgan fingerprint density at radius 3 is 2.78 bits per heavy atom. The molecule has 0 atom stereocenters. The van der Waals surface area contributed by atoms with Crippen LogP contribution in [0.15, 0.2) is 5.38 Å². The van der Waals surface area contributed by atoms with Gasteiger partial charge in [-0.1, -0.05) is 13.8 Å². The van der Waals surface area contributed by atoms with Gasteiger partial charge in [0, 0.05) is 18.0 Å². The van der Waals surface area contributed by atoms with Crippen LogP contribution < -0.4 is 5.32 Å². The van der Waals surface area contributed by atoms with Crippen LogP contribution in [0.25, 0.3) is 0 Å². The Morgan fingerprint density at radius 1 is 1.44 bits per heavy atom. The van der Waals surface area contributed by atoms with Gasteiger partial charge in [-0.3, -0.25) is 0 Å². The highest BCUT2D eigenvalue weighted by molar-refractivity contribution is 7.09. The van der Waals surface area contributed by atoms with Crippen molar-refractivity contribution in [2.75, 3.05) is 13.2 Å². The molecule has 0 spiro atoms. The number of ether oxygens (including phenoxy) is 1. The first kappa shape index (κ1) is 15.6. The van der Waals surface area contributed by atoms with E-state index in [1.165, 1.54) is 5.69 Å². The normalized spacial score (nSPS) is 12.3. The molecule has 0 saturated heterocycles. The Bertz CT molecular complexity index is 347. The fourth-order valence-electron chi connectivity index (χ4n) is 1.78. The first-order chi connectivity index (χ1) is 8.45. The van der Waals surface area contributed by atoms with Crippen molar-refractivity contribution in [3.8, 4) is 0 Å². The second-order valence-corrected chi connectivity index (χ2v) is 6.16. The summed E-state index contributed by atoms with van der Waals surface area (Å²) in [5.41, 5.74) is 0.932. The predicted octanol–water partition coefficient (Wildman–Crippen LogP) is 3.35. The molecule has 0 saturated carbocycles. The highest BCUT2D eigenvalue weighted by Gasteiger charge is 2.24. The van der Waals surface area contributed by atoms with E-state index < -0.39 is 0 Å². The zero-order chi connectivity index (χ0) is 13.6. The van der Waals surface area contributed by atoms with E-state index in [1.54, 1.807) is 11.3 Å². The van der Waals surface area contributed by atoms with Crippen LogP contribution in [0.4, 0.5) is 0 Å². The number of hydrogen-bond acceptors (Lipinski definition) is 4. The van der Waals surface area contributed by atoms with Gasteiger partial charge in [-0.2, -0.15) is 0 Å². The second-order valence-electron chi connectivity index (χ2n) is 5.30. The van der Waals surface area contributed by atoms with E-state index in [9.17, 15) is 0 Å². The van der Waals surface area contributed by atoms with Crippen LogP contribution in [0.1, 0.15) is 51.7 Å². The van der Waals surface area contributed by atoms with Gasteiger partial charge in [-0.15, -0.1) is 11.3 Å². The largest absolute Gasteiger partial charge is 0.369 e. The number of thiazole rings is 1. The number of nitrogens with one attached hydrogen (secondary N) is 1. The topological polar surface area (TPSA) is 34.1 Å². The summed E-state index contributed by atoms with van der Waals surface area (Å²) in [6.07, 6.45) is 2.18. The van der Waals surface area contributed by atoms with Crippen molar-refractivity contribution in [1.82, 2.24) is 10.3 Å². The summed E-state index contributed by atoms with van der Waals surface area (Å²) >= 11 is 1.70. The van der Waals surface area contributed by atoms with E-state index >= 15 is 0 Å². The molecule has 0 aliphatic carbocycles. The lowest BCUT2D eigenvalue weighted by atomic mass is 10.1. The molecule has 0 radical (unpaired) electrons. The zero-order valence-electron chi connectivity index (χ0n) is 12.2. The molecule has 0 aliphatic heterocycles. The average molecular weight is 270 g/mol. The Kier molecular flexibility index (Phi) is 6.26. The van der Waals surface area contributed by atoms with E-state index in [0.717, 1.165) is 31.0 Å². The van der Waals surface area contributed by atoms with Crippen LogP contribution in [0, 0.1) is 0 Å². The van der Waals surface area contributed by atoms with Gasteiger partial charge in [0.1, 0.15) is 10.6 Å². The fraction of sp³-hybridized carbons (Fsp3) is 0.786. The fourth-order valence-corrected chi connectivity index (χ4v) is 2.71. The molecular weight excluding hydrogens is 244 g/mol. The standard InChI is InChI=1S/C14H26N2OS/c1-6-17-14(4,5)13-16-12(10-18-13)8-7-9-15-11(2)3/h10-11,15H,6-9H2,1-5H3. The van der Waals surface area contributed by atoms with Gasteiger partial charge in [0.25, 0.3) is 0 Å². The Hall–Kier alpha value is -0.450. The van der Waals surface area contributed by atoms with Gasteiger partial charge in [-0.25, -0.2) is 4.98 Å². The van der Waals surface area contributed by atoms with Crippen LogP contribution in [-0.4, -0.2) is 24.2 Å². The third-order valence-electron chi connectivity index (χ3n) is 2.73. The molecule has 1 aromatic rings. The van der Waals surface area contributed by atoms with Gasteiger partial charge >= 0.3 is 0 Å². The summed E-state index contributed by atoms with van der Waals surface area (Å²) in [6, 6.07) is 0.563. The van der Waals surface area contributed by atoms with E-state index in [4.69, 9.17) is 4.74 Å². The molecule has 0 bridgehead atoms. The molecular formula is C14H26N2OS. The van der Waals surface area contributed by atoms with Gasteiger partial charge in [0.2, 0.25) is 0 Å². The maximum atomic E-state index is 5.72. The molecule has 104 valence electrons. The number of aryl methyl sites for hydroxylation is 1. The van der Waals surface area contributed by atoms with Crippen LogP contribution in [0.3, 0.4) is 0 Å². The van der Waals surface area contributed by atoms with E-state index in [2.05, 4.69) is 43.4 Å². The van der Waals surface area contributed by atoms with Crippen molar-refractivity contribution >= 4 is 11.3 Å². The molecule has 0 fully saturated rings. The molecule has 3 nitrogen and oxygen atoms in total. The summed E-state index contributed by atoms with van der Waals surface area (Å²) in [5, 5.41) is 6.66. The Balaban J connectivity index is 2.43. The van der Waals surface area contributed by atoms with Crippen molar-refractivity contribution in [2.45, 2.75) is 59.1 Å². The summed E-state index contributed by atoms with van der Waals surface area (Å²) in [7, 11) is 0. The number of rotatable bonds is 8. The maximum absolute atomic E-state index is 5.72. The first-order valence-corrected chi connectivity index (χ1v) is 7.66. The minimum atomic E-state index is -0.256. The highest BCUT2D eigenvalue weighted by Crippen LogP contribution is 2.27. The predicted molar refractivity (Wildman–Crippen MR) is 78.2 cm³/mol. The lowest BCUT2D eigenvalue weighted by Gasteiger charge is -2.21. The van der Waals surface area contributed by atoms with Crippen LogP contribution in [0.5, 0.6) is 0 Å². The smallest absolute Gasteiger partial charge is 0.124 e. The lowest BCUT2D eigenvalue weighted by Crippen LogP contribution is -2.24. The quantitative estimate of drug-likeness (QED) is 0.736. The minimum Gasteiger partial charge on any atom is -0.369 e. The molecule has 18 heavy (non-hydrogen) atoms. The minimum absolute atomic E-state index is 0.256. The molecule has 1 aromatic heterocycles. The highest BCUT2D eigenvalue weighted by atomic mass is 32.1. The second kappa shape index (κ2) is 7.22. The molecule has 0 unspecified atom stereocenters. The van der Waals surface area contributed by atoms with Crippen molar-refractivity contribution < 1.29 is 4.74 Å². The molecule has 1 N–H and O–H groups in total. The maximum Gasteiger partial charge on any atom is 0.124 e. The first-order valence-electron chi connectivity index (χ1n) is 6.78. The van der Waals surface area contributed by atoms with Gasteiger partial charge < -0.3 is 10.1 Å². The average Bonchev–Trinajstić information content (AvgIpc) is 2.73. The molecule has 0 aliphatic rings. The van der Waals surface area contributed by atoms with Crippen LogP contribution >= 0.6 is 11.3 Å². The zero-order valence-corrected chi connectivity index (χ0v) is 13.1. The van der Waals surface area contributed by atoms with Gasteiger partial charge in [0.15, 0.2) is 0 Å². The lowest BCUT2D eigenvalue weighted by molar-refractivity contribution is -0.0142. The van der Waals surface area contributed by atoms with Crippen molar-refractivity contribution in [2.24, 2.45) is 0 Å². The van der Waals surface area contributed by atoms with E-state index in [0.29, 0.717) is 6.04 Å². The third-order valence-corrected chi connectivity index (χ3v) is 3.93. The van der Waals surface area contributed by atoms with Gasteiger partial charge in [0.05, 0.1) is 5.69 Å². The van der Waals surface area contributed by atoms with E-state index in [1.807, 2.05) is 6.92 Å². The number of aromatic nitrogens is 1. The van der Waals surface area contributed by atoms with Crippen LogP contribution in [-0.2, 0) is 16.8 Å². The van der Waals surface area contributed by atoms with Crippen molar-refractivity contribution in [3.63, 3.8) is 0 Å². The van der Waals surface area contributed by atoms with Crippen LogP contribution in [0.2, 0.25) is 0 Å². The monoisotopic (exact) mass is 270 g/mol. The van der Waals surface area contributed by atoms with Crippen molar-refractivity contribution in [1.29, 1.82) is 0 Å². The number of hydrogen-bond donors (Lipinski definition) is 1. The summed E-state index contributed by atoms with van der Waals surface area (Å²) in [5.74, 6) is 0. The van der Waals surface area contributed by atoms with E-state index in [-0.39, 0.29) is 5.60 Å². The summed E-state index contributed by atoms with van der Waals surface area (Å²) in [4.78, 5) is 4.68. The number of nitrogens with zero attached hydrogens (tertiary/aromatic N) is 1. The summed E-state index contributed by atoms with van der Waals surface area (Å²) < 4.78 is 5.72. The Morgan fingerprint density at radius 2 is 2.17 bits per heavy atom. The Labute approximate surface area is 115 Å². The molecule has 0 amide bonds. The molecule has 0 aromatic carbocycles. The third kappa shape index (κ3) is 5.04. The van der Waals surface area contributed by atoms with Crippen molar-refractivity contribution in [3.05, 3.63) is 16.1 Å². The molecule has 1 rings (SSSR count). The summed E-state index contributed by atoms with van der Waals surface area (Å²) in [6.45, 7) is 12.3.